The number of hydrogen-bond donors (Lipinski definition) is 1. The second-order valence-electron chi connectivity index (χ2n) is 6.45. The lowest BCUT2D eigenvalue weighted by Crippen LogP contribution is -2.41. The molecule has 0 amide bonds. The molecule has 3 rings (SSSR count). The van der Waals surface area contributed by atoms with Crippen LogP contribution in [-0.4, -0.2) is 39.0 Å². The molecule has 1 aliphatic carbocycles. The van der Waals surface area contributed by atoms with Gasteiger partial charge in [0.2, 0.25) is 0 Å². The quantitative estimate of drug-likeness (QED) is 0.788. The molecule has 3 nitrogen and oxygen atoms in total. The van der Waals surface area contributed by atoms with Gasteiger partial charge in [0.05, 0.1) is 12.2 Å². The minimum atomic E-state index is 0.391. The molecule has 3 fully saturated rings. The Hall–Kier alpha value is -0.120. The first-order valence-corrected chi connectivity index (χ1v) is 7.72. The molecule has 2 heterocycles. The maximum absolute atomic E-state index is 6.08. The zero-order valence-electron chi connectivity index (χ0n) is 11.6. The summed E-state index contributed by atoms with van der Waals surface area (Å²) in [7, 11) is 2.08. The first kappa shape index (κ1) is 12.9. The molecule has 0 spiro atoms. The zero-order chi connectivity index (χ0) is 12.4. The summed E-state index contributed by atoms with van der Waals surface area (Å²) in [5.41, 5.74) is 0.391. The predicted octanol–water partition coefficient (Wildman–Crippen LogP) is 2.35. The van der Waals surface area contributed by atoms with Gasteiger partial charge in [-0.2, -0.15) is 0 Å². The summed E-state index contributed by atoms with van der Waals surface area (Å²) >= 11 is 0. The molecule has 18 heavy (non-hydrogen) atoms. The molecular formula is C15H27NO2. The molecule has 3 unspecified atom stereocenters. The lowest BCUT2D eigenvalue weighted by atomic mass is 9.74. The van der Waals surface area contributed by atoms with E-state index in [-0.39, 0.29) is 0 Å². The van der Waals surface area contributed by atoms with E-state index in [9.17, 15) is 0 Å². The summed E-state index contributed by atoms with van der Waals surface area (Å²) in [5, 5.41) is 3.42. The van der Waals surface area contributed by atoms with Gasteiger partial charge < -0.3 is 14.8 Å². The van der Waals surface area contributed by atoms with E-state index in [1.54, 1.807) is 0 Å². The average molecular weight is 253 g/mol. The van der Waals surface area contributed by atoms with Crippen molar-refractivity contribution < 1.29 is 9.47 Å². The number of rotatable bonds is 6. The molecule has 2 aliphatic heterocycles. The van der Waals surface area contributed by atoms with Crippen molar-refractivity contribution in [2.45, 2.75) is 57.2 Å². The Labute approximate surface area is 111 Å². The van der Waals surface area contributed by atoms with Crippen molar-refractivity contribution in [3.63, 3.8) is 0 Å². The molecule has 3 atom stereocenters. The van der Waals surface area contributed by atoms with Crippen LogP contribution in [0.1, 0.15) is 44.9 Å². The molecule has 3 heteroatoms. The molecule has 1 saturated carbocycles. The third kappa shape index (κ3) is 2.59. The molecule has 0 bridgehead atoms. The van der Waals surface area contributed by atoms with Crippen molar-refractivity contribution >= 4 is 0 Å². The van der Waals surface area contributed by atoms with Crippen molar-refractivity contribution in [1.82, 2.24) is 5.32 Å². The molecule has 1 N–H and O–H groups in total. The Morgan fingerprint density at radius 3 is 2.72 bits per heavy atom. The van der Waals surface area contributed by atoms with Crippen LogP contribution < -0.4 is 5.32 Å². The topological polar surface area (TPSA) is 30.5 Å². The van der Waals surface area contributed by atoms with Crippen LogP contribution in [0, 0.1) is 11.3 Å². The molecule has 104 valence electrons. The van der Waals surface area contributed by atoms with Gasteiger partial charge in [0.1, 0.15) is 0 Å². The van der Waals surface area contributed by atoms with E-state index < -0.39 is 0 Å². The monoisotopic (exact) mass is 253 g/mol. The van der Waals surface area contributed by atoms with Crippen molar-refractivity contribution in [3.05, 3.63) is 0 Å². The fourth-order valence-corrected chi connectivity index (χ4v) is 3.96. The van der Waals surface area contributed by atoms with Crippen LogP contribution in [0.25, 0.3) is 0 Å². The largest absolute Gasteiger partial charge is 0.378 e. The Morgan fingerprint density at radius 1 is 1.17 bits per heavy atom. The van der Waals surface area contributed by atoms with E-state index in [1.807, 2.05) is 0 Å². The average Bonchev–Trinajstić information content (AvgIpc) is 2.92. The predicted molar refractivity (Wildman–Crippen MR) is 71.6 cm³/mol. The summed E-state index contributed by atoms with van der Waals surface area (Å²) in [4.78, 5) is 0. The number of ether oxygens (including phenoxy) is 2. The van der Waals surface area contributed by atoms with Crippen LogP contribution in [0.5, 0.6) is 0 Å². The van der Waals surface area contributed by atoms with Crippen LogP contribution in [0.4, 0.5) is 0 Å². The summed E-state index contributed by atoms with van der Waals surface area (Å²) in [6.45, 7) is 3.06. The summed E-state index contributed by atoms with van der Waals surface area (Å²) in [6, 6.07) is 0. The molecule has 0 aromatic heterocycles. The van der Waals surface area contributed by atoms with E-state index >= 15 is 0 Å². The van der Waals surface area contributed by atoms with Crippen molar-refractivity contribution in [2.24, 2.45) is 11.3 Å². The lowest BCUT2D eigenvalue weighted by molar-refractivity contribution is 0.0163. The second kappa shape index (κ2) is 5.48. The first-order valence-electron chi connectivity index (χ1n) is 7.72. The van der Waals surface area contributed by atoms with Crippen LogP contribution in [-0.2, 0) is 9.47 Å². The highest BCUT2D eigenvalue weighted by atomic mass is 16.5. The van der Waals surface area contributed by atoms with Gasteiger partial charge in [0.25, 0.3) is 0 Å². The second-order valence-corrected chi connectivity index (χ2v) is 6.45. The molecule has 0 aromatic rings. The molecule has 0 aromatic carbocycles. The highest BCUT2D eigenvalue weighted by molar-refractivity contribution is 5.00. The van der Waals surface area contributed by atoms with Crippen molar-refractivity contribution in [3.8, 4) is 0 Å². The number of nitrogens with one attached hydrogen (secondary N) is 1. The Bertz CT molecular complexity index is 274. The normalized spacial score (nSPS) is 40.5. The van der Waals surface area contributed by atoms with E-state index in [1.165, 1.54) is 44.9 Å². The van der Waals surface area contributed by atoms with Gasteiger partial charge in [-0.1, -0.05) is 0 Å². The number of hydrogen-bond acceptors (Lipinski definition) is 3. The van der Waals surface area contributed by atoms with E-state index in [0.29, 0.717) is 17.6 Å². The van der Waals surface area contributed by atoms with E-state index in [2.05, 4.69) is 12.4 Å². The maximum atomic E-state index is 6.08. The van der Waals surface area contributed by atoms with Gasteiger partial charge in [0.15, 0.2) is 0 Å². The zero-order valence-corrected chi connectivity index (χ0v) is 11.6. The first-order chi connectivity index (χ1) is 8.84. The highest BCUT2D eigenvalue weighted by Crippen LogP contribution is 2.50. The standard InChI is InChI=1S/C15H27NO2/c1-16-11-15(7-6-13-3-2-9-17-13)8-10-18-14(15)12-4-5-12/h12-14,16H,2-11H2,1H3. The molecule has 2 saturated heterocycles. The minimum Gasteiger partial charge on any atom is -0.378 e. The van der Waals surface area contributed by atoms with Crippen molar-refractivity contribution in [2.75, 3.05) is 26.8 Å². The fourth-order valence-electron chi connectivity index (χ4n) is 3.96. The Morgan fingerprint density at radius 2 is 2.06 bits per heavy atom. The van der Waals surface area contributed by atoms with Crippen LogP contribution in [0.3, 0.4) is 0 Å². The van der Waals surface area contributed by atoms with E-state index in [0.717, 1.165) is 25.7 Å². The SMILES string of the molecule is CNCC1(CCC2CCCO2)CCOC1C1CC1. The van der Waals surface area contributed by atoms with Gasteiger partial charge in [-0.15, -0.1) is 0 Å². The van der Waals surface area contributed by atoms with Gasteiger partial charge in [-0.3, -0.25) is 0 Å². The summed E-state index contributed by atoms with van der Waals surface area (Å²) in [5.74, 6) is 0.852. The van der Waals surface area contributed by atoms with Gasteiger partial charge in [0, 0.05) is 25.2 Å². The van der Waals surface area contributed by atoms with Gasteiger partial charge in [-0.25, -0.2) is 0 Å². The van der Waals surface area contributed by atoms with Crippen molar-refractivity contribution in [1.29, 1.82) is 0 Å². The Balaban J connectivity index is 1.61. The van der Waals surface area contributed by atoms with Crippen LogP contribution in [0.2, 0.25) is 0 Å². The fraction of sp³-hybridized carbons (Fsp3) is 1.00. The Kier molecular flexibility index (Phi) is 3.92. The minimum absolute atomic E-state index is 0.391. The highest BCUT2D eigenvalue weighted by Gasteiger charge is 2.50. The van der Waals surface area contributed by atoms with Crippen LogP contribution >= 0.6 is 0 Å². The summed E-state index contributed by atoms with van der Waals surface area (Å²) < 4.78 is 11.9. The third-order valence-electron chi connectivity index (χ3n) is 5.07. The molecular weight excluding hydrogens is 226 g/mol. The van der Waals surface area contributed by atoms with E-state index in [4.69, 9.17) is 9.47 Å². The molecule has 0 radical (unpaired) electrons. The summed E-state index contributed by atoms with van der Waals surface area (Å²) in [6.07, 6.45) is 10.1. The molecule has 3 aliphatic rings. The third-order valence-corrected chi connectivity index (χ3v) is 5.07. The van der Waals surface area contributed by atoms with Gasteiger partial charge in [-0.05, 0) is 57.9 Å². The van der Waals surface area contributed by atoms with Crippen LogP contribution in [0.15, 0.2) is 0 Å². The smallest absolute Gasteiger partial charge is 0.0672 e. The lowest BCUT2D eigenvalue weighted by Gasteiger charge is -2.35. The van der Waals surface area contributed by atoms with Gasteiger partial charge >= 0.3 is 0 Å². The maximum Gasteiger partial charge on any atom is 0.0672 e.